The van der Waals surface area contributed by atoms with Crippen molar-refractivity contribution in [1.82, 2.24) is 5.32 Å². The molecule has 0 saturated carbocycles. The van der Waals surface area contributed by atoms with E-state index < -0.39 is 0 Å². The van der Waals surface area contributed by atoms with Gasteiger partial charge in [-0.15, -0.1) is 0 Å². The van der Waals surface area contributed by atoms with Gasteiger partial charge < -0.3 is 5.32 Å². The van der Waals surface area contributed by atoms with Gasteiger partial charge in [-0.3, -0.25) is 0 Å². The van der Waals surface area contributed by atoms with Crippen LogP contribution in [0.1, 0.15) is 31.7 Å². The fourth-order valence-corrected chi connectivity index (χ4v) is 3.03. The van der Waals surface area contributed by atoms with E-state index >= 15 is 0 Å². The van der Waals surface area contributed by atoms with Gasteiger partial charge in [0.25, 0.3) is 0 Å². The number of hydrogen-bond donors (Lipinski definition) is 1. The first-order chi connectivity index (χ1) is 7.65. The lowest BCUT2D eigenvalue weighted by Crippen LogP contribution is -2.41. The monoisotopic (exact) mass is 301 g/mol. The van der Waals surface area contributed by atoms with Crippen molar-refractivity contribution in [2.24, 2.45) is 0 Å². The Hall–Kier alpha value is -0.0500. The minimum Gasteiger partial charge on any atom is -0.311 e. The second-order valence-electron chi connectivity index (χ2n) is 4.59. The van der Waals surface area contributed by atoms with Crippen molar-refractivity contribution in [3.63, 3.8) is 0 Å². The summed E-state index contributed by atoms with van der Waals surface area (Å²) >= 11 is 9.49. The molecule has 0 spiro atoms. The zero-order valence-corrected chi connectivity index (χ0v) is 11.9. The topological polar surface area (TPSA) is 12.0 Å². The van der Waals surface area contributed by atoms with E-state index in [4.69, 9.17) is 11.6 Å². The molecular weight excluding hydrogens is 286 g/mol. The van der Waals surface area contributed by atoms with Crippen LogP contribution in [0.4, 0.5) is 0 Å². The van der Waals surface area contributed by atoms with E-state index in [0.29, 0.717) is 5.54 Å². The lowest BCUT2D eigenvalue weighted by Gasteiger charge is -2.28. The van der Waals surface area contributed by atoms with Crippen molar-refractivity contribution >= 4 is 27.5 Å². The van der Waals surface area contributed by atoms with Crippen LogP contribution < -0.4 is 5.32 Å². The molecule has 2 rings (SSSR count). The van der Waals surface area contributed by atoms with Gasteiger partial charge in [0.15, 0.2) is 0 Å². The molecule has 1 atom stereocenters. The highest BCUT2D eigenvalue weighted by Crippen LogP contribution is 2.30. The molecule has 16 heavy (non-hydrogen) atoms. The van der Waals surface area contributed by atoms with Crippen molar-refractivity contribution in [2.75, 3.05) is 6.54 Å². The van der Waals surface area contributed by atoms with Crippen LogP contribution in [0.5, 0.6) is 0 Å². The molecule has 1 saturated heterocycles. The fourth-order valence-electron chi connectivity index (χ4n) is 2.49. The first kappa shape index (κ1) is 12.4. The Bertz CT molecular complexity index is 372. The van der Waals surface area contributed by atoms with Crippen LogP contribution >= 0.6 is 27.5 Å². The Morgan fingerprint density at radius 3 is 2.88 bits per heavy atom. The third kappa shape index (κ3) is 2.61. The molecule has 1 aliphatic rings. The van der Waals surface area contributed by atoms with Gasteiger partial charge in [0.1, 0.15) is 0 Å². The van der Waals surface area contributed by atoms with Crippen LogP contribution in [-0.4, -0.2) is 12.1 Å². The van der Waals surface area contributed by atoms with Gasteiger partial charge in [-0.2, -0.15) is 0 Å². The van der Waals surface area contributed by atoms with E-state index in [1.54, 1.807) is 0 Å². The summed E-state index contributed by atoms with van der Waals surface area (Å²) in [5.41, 5.74) is 1.67. The summed E-state index contributed by atoms with van der Waals surface area (Å²) in [5.74, 6) is 0. The van der Waals surface area contributed by atoms with Crippen molar-refractivity contribution in [2.45, 2.75) is 38.1 Å². The highest BCUT2D eigenvalue weighted by atomic mass is 79.9. The molecule has 3 heteroatoms. The average molecular weight is 303 g/mol. The standard InChI is InChI=1S/C13H17BrClN/c1-2-13(6-3-7-16-13)9-10-4-5-12(15)11(14)8-10/h4-5,8,16H,2-3,6-7,9H2,1H3. The first-order valence-corrected chi connectivity index (χ1v) is 7.01. The second kappa shape index (κ2) is 5.07. The van der Waals surface area contributed by atoms with Gasteiger partial charge in [-0.05, 0) is 65.9 Å². The van der Waals surface area contributed by atoms with Gasteiger partial charge in [-0.25, -0.2) is 0 Å². The summed E-state index contributed by atoms with van der Waals surface area (Å²) < 4.78 is 0.996. The van der Waals surface area contributed by atoms with Crippen LogP contribution in [0.25, 0.3) is 0 Å². The number of halogens is 2. The van der Waals surface area contributed by atoms with Crippen LogP contribution in [-0.2, 0) is 6.42 Å². The number of hydrogen-bond acceptors (Lipinski definition) is 1. The molecule has 1 fully saturated rings. The van der Waals surface area contributed by atoms with Crippen LogP contribution in [0.3, 0.4) is 0 Å². The molecule has 1 N–H and O–H groups in total. The van der Waals surface area contributed by atoms with Crippen LogP contribution in [0.2, 0.25) is 5.02 Å². The molecule has 0 bridgehead atoms. The number of benzene rings is 1. The van der Waals surface area contributed by atoms with Gasteiger partial charge in [0, 0.05) is 10.0 Å². The summed E-state index contributed by atoms with van der Waals surface area (Å²) in [4.78, 5) is 0. The van der Waals surface area contributed by atoms with Gasteiger partial charge in [0.05, 0.1) is 5.02 Å². The molecule has 1 aromatic rings. The third-order valence-electron chi connectivity index (χ3n) is 3.54. The minimum atomic E-state index is 0.313. The maximum Gasteiger partial charge on any atom is 0.0548 e. The normalized spacial score (nSPS) is 24.9. The molecule has 1 nitrogen and oxygen atoms in total. The smallest absolute Gasteiger partial charge is 0.0548 e. The molecular formula is C13H17BrClN. The molecule has 0 aliphatic carbocycles. The maximum atomic E-state index is 6.00. The summed E-state index contributed by atoms with van der Waals surface area (Å²) in [6.45, 7) is 3.42. The molecule has 1 unspecified atom stereocenters. The van der Waals surface area contributed by atoms with Crippen molar-refractivity contribution in [3.05, 3.63) is 33.3 Å². The quantitative estimate of drug-likeness (QED) is 0.883. The lowest BCUT2D eigenvalue weighted by molar-refractivity contribution is 0.360. The predicted octanol–water partition coefficient (Wildman–Crippen LogP) is 4.18. The molecule has 1 aromatic carbocycles. The van der Waals surface area contributed by atoms with Crippen molar-refractivity contribution in [3.8, 4) is 0 Å². The molecule has 0 radical (unpaired) electrons. The summed E-state index contributed by atoms with van der Waals surface area (Å²) in [5, 5.41) is 4.44. The van der Waals surface area contributed by atoms with Crippen LogP contribution in [0, 0.1) is 0 Å². The van der Waals surface area contributed by atoms with E-state index in [2.05, 4.69) is 40.3 Å². The van der Waals surface area contributed by atoms with Crippen molar-refractivity contribution < 1.29 is 0 Å². The Balaban J connectivity index is 2.16. The van der Waals surface area contributed by atoms with E-state index in [1.807, 2.05) is 6.07 Å². The largest absolute Gasteiger partial charge is 0.311 e. The maximum absolute atomic E-state index is 6.00. The molecule has 0 aromatic heterocycles. The van der Waals surface area contributed by atoms with E-state index in [-0.39, 0.29) is 0 Å². The zero-order chi connectivity index (χ0) is 11.6. The van der Waals surface area contributed by atoms with Crippen molar-refractivity contribution in [1.29, 1.82) is 0 Å². The molecule has 88 valence electrons. The number of nitrogens with one attached hydrogen (secondary N) is 1. The second-order valence-corrected chi connectivity index (χ2v) is 5.85. The van der Waals surface area contributed by atoms with Gasteiger partial charge >= 0.3 is 0 Å². The number of rotatable bonds is 3. The Morgan fingerprint density at radius 1 is 1.50 bits per heavy atom. The molecule has 0 amide bonds. The minimum absolute atomic E-state index is 0.313. The molecule has 1 heterocycles. The van der Waals surface area contributed by atoms with E-state index in [9.17, 15) is 0 Å². The SMILES string of the molecule is CCC1(Cc2ccc(Cl)c(Br)c2)CCCN1. The average Bonchev–Trinajstić information content (AvgIpc) is 2.73. The predicted molar refractivity (Wildman–Crippen MR) is 73.1 cm³/mol. The van der Waals surface area contributed by atoms with E-state index in [1.165, 1.54) is 24.8 Å². The first-order valence-electron chi connectivity index (χ1n) is 5.84. The third-order valence-corrected chi connectivity index (χ3v) is 4.75. The highest BCUT2D eigenvalue weighted by Gasteiger charge is 2.31. The fraction of sp³-hybridized carbons (Fsp3) is 0.538. The zero-order valence-electron chi connectivity index (χ0n) is 9.52. The molecule has 1 aliphatic heterocycles. The Labute approximate surface area is 111 Å². The lowest BCUT2D eigenvalue weighted by atomic mass is 9.87. The highest BCUT2D eigenvalue weighted by molar-refractivity contribution is 9.10. The summed E-state index contributed by atoms with van der Waals surface area (Å²) in [6.07, 6.45) is 4.86. The van der Waals surface area contributed by atoms with Gasteiger partial charge in [-0.1, -0.05) is 24.6 Å². The Morgan fingerprint density at radius 2 is 2.31 bits per heavy atom. The Kier molecular flexibility index (Phi) is 3.93. The van der Waals surface area contributed by atoms with Crippen LogP contribution in [0.15, 0.2) is 22.7 Å². The van der Waals surface area contributed by atoms with E-state index in [0.717, 1.165) is 22.5 Å². The summed E-state index contributed by atoms with van der Waals surface area (Å²) in [7, 11) is 0. The van der Waals surface area contributed by atoms with Gasteiger partial charge in [0.2, 0.25) is 0 Å². The summed E-state index contributed by atoms with van der Waals surface area (Å²) in [6, 6.07) is 6.24.